The van der Waals surface area contributed by atoms with E-state index in [2.05, 4.69) is 19.9 Å². The summed E-state index contributed by atoms with van der Waals surface area (Å²) in [6.45, 7) is 0. The number of anilines is 2. The molecule has 0 fully saturated rings. The number of benzene rings is 1. The molecule has 0 aliphatic rings. The van der Waals surface area contributed by atoms with E-state index < -0.39 is 5.97 Å². The number of hydrogen-bond donors (Lipinski definition) is 2. The Bertz CT molecular complexity index is 773. The van der Waals surface area contributed by atoms with Crippen LogP contribution in [0, 0.1) is 0 Å². The molecular formula is C14H10N4O2S. The molecule has 0 atom stereocenters. The molecule has 0 unspecified atom stereocenters. The third-order valence-corrected chi connectivity index (χ3v) is 3.41. The minimum absolute atomic E-state index is 0.0803. The maximum Gasteiger partial charge on any atom is 0.359 e. The molecule has 0 saturated carbocycles. The fraction of sp³-hybridized carbons (Fsp3) is 0. The predicted molar refractivity (Wildman–Crippen MR) is 79.8 cm³/mol. The van der Waals surface area contributed by atoms with Crippen LogP contribution in [0.3, 0.4) is 0 Å². The summed E-state index contributed by atoms with van der Waals surface area (Å²) in [5.74, 6) is -1.10. The second-order valence-corrected chi connectivity index (χ2v) is 4.93. The van der Waals surface area contributed by atoms with E-state index in [1.165, 1.54) is 0 Å². The van der Waals surface area contributed by atoms with E-state index in [9.17, 15) is 4.79 Å². The second kappa shape index (κ2) is 5.68. The molecule has 0 amide bonds. The van der Waals surface area contributed by atoms with Gasteiger partial charge in [0, 0.05) is 29.0 Å². The number of carbonyl (C=O) groups is 1. The van der Waals surface area contributed by atoms with Crippen molar-refractivity contribution in [2.75, 3.05) is 5.32 Å². The molecular weight excluding hydrogens is 288 g/mol. The lowest BCUT2D eigenvalue weighted by Crippen LogP contribution is -2.01. The van der Waals surface area contributed by atoms with Gasteiger partial charge in [0.25, 0.3) is 0 Å². The molecule has 0 aliphatic carbocycles. The molecule has 0 spiro atoms. The van der Waals surface area contributed by atoms with E-state index in [0.29, 0.717) is 5.00 Å². The van der Waals surface area contributed by atoms with Crippen LogP contribution >= 0.6 is 11.5 Å². The monoisotopic (exact) mass is 298 g/mol. The summed E-state index contributed by atoms with van der Waals surface area (Å²) >= 11 is 1.01. The summed E-state index contributed by atoms with van der Waals surface area (Å²) in [4.78, 5) is 15.3. The zero-order valence-corrected chi connectivity index (χ0v) is 11.5. The fourth-order valence-electron chi connectivity index (χ4n) is 1.83. The lowest BCUT2D eigenvalue weighted by Gasteiger charge is -2.06. The molecule has 3 aromatic rings. The van der Waals surface area contributed by atoms with E-state index in [1.54, 1.807) is 6.20 Å². The molecule has 0 bridgehead atoms. The van der Waals surface area contributed by atoms with Gasteiger partial charge in [-0.15, -0.1) is 5.10 Å². The third-order valence-electron chi connectivity index (χ3n) is 2.77. The smallest absolute Gasteiger partial charge is 0.359 e. The maximum absolute atomic E-state index is 11.0. The van der Waals surface area contributed by atoms with Gasteiger partial charge in [-0.1, -0.05) is 22.7 Å². The highest BCUT2D eigenvalue weighted by molar-refractivity contribution is 7.10. The van der Waals surface area contributed by atoms with E-state index in [1.807, 2.05) is 42.5 Å². The Kier molecular flexibility index (Phi) is 3.57. The molecule has 2 heterocycles. The van der Waals surface area contributed by atoms with Crippen LogP contribution in [0.4, 0.5) is 10.7 Å². The van der Waals surface area contributed by atoms with Crippen LogP contribution in [0.2, 0.25) is 0 Å². The van der Waals surface area contributed by atoms with Crippen LogP contribution in [-0.4, -0.2) is 25.6 Å². The summed E-state index contributed by atoms with van der Waals surface area (Å²) in [6, 6.07) is 13.2. The van der Waals surface area contributed by atoms with E-state index in [-0.39, 0.29) is 5.69 Å². The highest BCUT2D eigenvalue weighted by Crippen LogP contribution is 2.26. The SMILES string of the molecule is O=C(O)c1nnsc1Nc1cccc(-c2ccccn2)c1. The highest BCUT2D eigenvalue weighted by atomic mass is 32.1. The number of aromatic carboxylic acids is 1. The van der Waals surface area contributed by atoms with Crippen molar-refractivity contribution in [3.63, 3.8) is 0 Å². The summed E-state index contributed by atoms with van der Waals surface area (Å²) in [6.07, 6.45) is 1.73. The Morgan fingerprint density at radius 2 is 2.10 bits per heavy atom. The first-order valence-electron chi connectivity index (χ1n) is 6.08. The molecule has 0 saturated heterocycles. The zero-order valence-electron chi connectivity index (χ0n) is 10.7. The first kappa shape index (κ1) is 13.2. The van der Waals surface area contributed by atoms with Crippen LogP contribution in [-0.2, 0) is 0 Å². The van der Waals surface area contributed by atoms with Gasteiger partial charge in [0.15, 0.2) is 0 Å². The molecule has 21 heavy (non-hydrogen) atoms. The first-order chi connectivity index (χ1) is 10.2. The van der Waals surface area contributed by atoms with Gasteiger partial charge in [0.05, 0.1) is 5.69 Å². The van der Waals surface area contributed by atoms with Crippen LogP contribution in [0.15, 0.2) is 48.7 Å². The van der Waals surface area contributed by atoms with Gasteiger partial charge < -0.3 is 10.4 Å². The van der Waals surface area contributed by atoms with Gasteiger partial charge in [0.2, 0.25) is 5.69 Å². The molecule has 2 aromatic heterocycles. The standard InChI is InChI=1S/C14H10N4O2S/c19-14(20)12-13(21-18-17-12)16-10-5-3-4-9(8-10)11-6-1-2-7-15-11/h1-8,16H,(H,19,20). The molecule has 104 valence electrons. The van der Waals surface area contributed by atoms with Gasteiger partial charge in [0.1, 0.15) is 5.00 Å². The summed E-state index contributed by atoms with van der Waals surface area (Å²) < 4.78 is 3.66. The van der Waals surface area contributed by atoms with Crippen molar-refractivity contribution in [3.05, 3.63) is 54.4 Å². The minimum atomic E-state index is -1.10. The average molecular weight is 298 g/mol. The lowest BCUT2D eigenvalue weighted by molar-refractivity contribution is 0.0691. The largest absolute Gasteiger partial charge is 0.476 e. The van der Waals surface area contributed by atoms with E-state index >= 15 is 0 Å². The number of hydrogen-bond acceptors (Lipinski definition) is 6. The topological polar surface area (TPSA) is 88.0 Å². The van der Waals surface area contributed by atoms with Crippen molar-refractivity contribution in [2.45, 2.75) is 0 Å². The molecule has 6 nitrogen and oxygen atoms in total. The van der Waals surface area contributed by atoms with Crippen molar-refractivity contribution < 1.29 is 9.90 Å². The summed E-state index contributed by atoms with van der Waals surface area (Å²) in [5.41, 5.74) is 2.46. The van der Waals surface area contributed by atoms with Gasteiger partial charge in [-0.25, -0.2) is 4.79 Å². The van der Waals surface area contributed by atoms with Crippen LogP contribution in [0.25, 0.3) is 11.3 Å². The van der Waals surface area contributed by atoms with Crippen molar-refractivity contribution in [2.24, 2.45) is 0 Å². The lowest BCUT2D eigenvalue weighted by atomic mass is 10.1. The van der Waals surface area contributed by atoms with Gasteiger partial charge in [-0.3, -0.25) is 4.98 Å². The second-order valence-electron chi connectivity index (χ2n) is 4.18. The quantitative estimate of drug-likeness (QED) is 0.769. The maximum atomic E-state index is 11.0. The molecule has 0 radical (unpaired) electrons. The Balaban J connectivity index is 1.90. The first-order valence-corrected chi connectivity index (χ1v) is 6.85. The number of rotatable bonds is 4. The normalized spacial score (nSPS) is 10.3. The van der Waals surface area contributed by atoms with E-state index in [0.717, 1.165) is 28.5 Å². The minimum Gasteiger partial charge on any atom is -0.476 e. The molecule has 7 heteroatoms. The molecule has 2 N–H and O–H groups in total. The summed E-state index contributed by atoms with van der Waals surface area (Å²) in [7, 11) is 0. The Morgan fingerprint density at radius 3 is 2.86 bits per heavy atom. The molecule has 3 rings (SSSR count). The highest BCUT2D eigenvalue weighted by Gasteiger charge is 2.15. The van der Waals surface area contributed by atoms with E-state index in [4.69, 9.17) is 5.11 Å². The number of aromatic nitrogens is 3. The predicted octanol–water partition coefficient (Wildman–Crippen LogP) is 3.04. The number of carboxylic acid groups (broad SMARTS) is 1. The number of nitrogens with one attached hydrogen (secondary N) is 1. The van der Waals surface area contributed by atoms with Crippen molar-refractivity contribution in [1.82, 2.24) is 14.6 Å². The summed E-state index contributed by atoms with van der Waals surface area (Å²) in [5, 5.41) is 16.0. The van der Waals surface area contributed by atoms with Gasteiger partial charge in [-0.05, 0) is 24.3 Å². The number of nitrogens with zero attached hydrogens (tertiary/aromatic N) is 3. The Labute approximate surface area is 124 Å². The Morgan fingerprint density at radius 1 is 1.19 bits per heavy atom. The fourth-order valence-corrected chi connectivity index (χ4v) is 2.42. The van der Waals surface area contributed by atoms with Crippen molar-refractivity contribution in [1.29, 1.82) is 0 Å². The van der Waals surface area contributed by atoms with Crippen molar-refractivity contribution in [3.8, 4) is 11.3 Å². The molecule has 0 aliphatic heterocycles. The van der Waals surface area contributed by atoms with Gasteiger partial charge in [-0.2, -0.15) is 0 Å². The third kappa shape index (κ3) is 2.87. The van der Waals surface area contributed by atoms with Crippen LogP contribution < -0.4 is 5.32 Å². The van der Waals surface area contributed by atoms with Crippen LogP contribution in [0.1, 0.15) is 10.5 Å². The van der Waals surface area contributed by atoms with Crippen LogP contribution in [0.5, 0.6) is 0 Å². The Hall–Kier alpha value is -2.80. The van der Waals surface area contributed by atoms with Crippen molar-refractivity contribution >= 4 is 28.2 Å². The molecule has 1 aromatic carbocycles. The van der Waals surface area contributed by atoms with Gasteiger partial charge >= 0.3 is 5.97 Å². The average Bonchev–Trinajstić information content (AvgIpc) is 2.97. The number of pyridine rings is 1. The zero-order chi connectivity index (χ0) is 14.7. The number of carboxylic acids is 1.